The Bertz CT molecular complexity index is 1120. The molecule has 1 heterocycles. The molecule has 1 atom stereocenters. The molecule has 1 unspecified atom stereocenters. The van der Waals surface area contributed by atoms with Crippen molar-refractivity contribution in [2.24, 2.45) is 0 Å². The Morgan fingerprint density at radius 1 is 1.00 bits per heavy atom. The van der Waals surface area contributed by atoms with Crippen molar-refractivity contribution in [2.45, 2.75) is 19.2 Å². The van der Waals surface area contributed by atoms with Crippen LogP contribution in [0.15, 0.2) is 78.9 Å². The van der Waals surface area contributed by atoms with E-state index in [1.165, 1.54) is 6.08 Å². The zero-order valence-electron chi connectivity index (χ0n) is 17.5. The fourth-order valence-electron chi connectivity index (χ4n) is 3.73. The second-order valence-corrected chi connectivity index (χ2v) is 8.70. The fourth-order valence-corrected chi connectivity index (χ4v) is 4.90. The van der Waals surface area contributed by atoms with Crippen LogP contribution >= 0.6 is 11.8 Å². The van der Waals surface area contributed by atoms with E-state index in [2.05, 4.69) is 11.4 Å². The van der Waals surface area contributed by atoms with Gasteiger partial charge in [0.15, 0.2) is 0 Å². The van der Waals surface area contributed by atoms with Crippen molar-refractivity contribution in [3.8, 4) is 0 Å². The van der Waals surface area contributed by atoms with Crippen LogP contribution in [0, 0.1) is 13.8 Å². The Labute approximate surface area is 187 Å². The predicted octanol–water partition coefficient (Wildman–Crippen LogP) is 5.73. The molecule has 4 nitrogen and oxygen atoms in total. The summed E-state index contributed by atoms with van der Waals surface area (Å²) in [6.45, 7) is 4.08. The van der Waals surface area contributed by atoms with Gasteiger partial charge in [0.1, 0.15) is 5.37 Å². The molecule has 0 spiro atoms. The lowest BCUT2D eigenvalue weighted by Crippen LogP contribution is -2.28. The van der Waals surface area contributed by atoms with E-state index in [4.69, 9.17) is 0 Å². The molecule has 0 radical (unpaired) electrons. The quantitative estimate of drug-likeness (QED) is 0.528. The van der Waals surface area contributed by atoms with Gasteiger partial charge in [0.05, 0.1) is 5.75 Å². The maximum absolute atomic E-state index is 12.7. The summed E-state index contributed by atoms with van der Waals surface area (Å²) in [6, 6.07) is 23.6. The highest BCUT2D eigenvalue weighted by molar-refractivity contribution is 8.00. The zero-order valence-corrected chi connectivity index (χ0v) is 18.4. The number of aryl methyl sites for hydroxylation is 2. The second-order valence-electron chi connectivity index (χ2n) is 7.63. The number of thioether (sulfide) groups is 1. The molecule has 5 heteroatoms. The predicted molar refractivity (Wildman–Crippen MR) is 129 cm³/mol. The van der Waals surface area contributed by atoms with Crippen LogP contribution in [-0.4, -0.2) is 17.6 Å². The van der Waals surface area contributed by atoms with Gasteiger partial charge in [-0.1, -0.05) is 48.5 Å². The molecule has 0 saturated carbocycles. The lowest BCUT2D eigenvalue weighted by molar-refractivity contribution is -0.116. The van der Waals surface area contributed by atoms with E-state index in [0.717, 1.165) is 27.9 Å². The summed E-state index contributed by atoms with van der Waals surface area (Å²) >= 11 is 1.60. The standard InChI is InChI=1S/C26H24N2O2S/c1-18-13-19(2)15-23(14-18)28-25(30)17-31-26(28)21-9-6-10-22(16-21)27-24(29)12-11-20-7-4-3-5-8-20/h3-16,26H,17H2,1-2H3,(H,27,29)/b12-11+. The minimum Gasteiger partial charge on any atom is -0.323 e. The summed E-state index contributed by atoms with van der Waals surface area (Å²) in [5, 5.41) is 2.80. The molecule has 0 bridgehead atoms. The van der Waals surface area contributed by atoms with Crippen LogP contribution in [0.1, 0.15) is 27.6 Å². The Morgan fingerprint density at radius 2 is 1.74 bits per heavy atom. The largest absolute Gasteiger partial charge is 0.323 e. The molecule has 1 aliphatic rings. The SMILES string of the molecule is Cc1cc(C)cc(N2C(=O)CSC2c2cccc(NC(=O)/C=C/c3ccccc3)c2)c1. The van der Waals surface area contributed by atoms with Crippen molar-refractivity contribution in [2.75, 3.05) is 16.0 Å². The van der Waals surface area contributed by atoms with Gasteiger partial charge < -0.3 is 5.32 Å². The Morgan fingerprint density at radius 3 is 2.48 bits per heavy atom. The maximum atomic E-state index is 12.7. The van der Waals surface area contributed by atoms with Crippen molar-refractivity contribution in [1.82, 2.24) is 0 Å². The summed E-state index contributed by atoms with van der Waals surface area (Å²) in [6.07, 6.45) is 3.31. The highest BCUT2D eigenvalue weighted by Crippen LogP contribution is 2.42. The van der Waals surface area contributed by atoms with E-state index < -0.39 is 0 Å². The molecule has 4 rings (SSSR count). The van der Waals surface area contributed by atoms with E-state index in [0.29, 0.717) is 11.4 Å². The van der Waals surface area contributed by atoms with Gasteiger partial charge in [-0.15, -0.1) is 11.8 Å². The van der Waals surface area contributed by atoms with Crippen molar-refractivity contribution >= 4 is 41.0 Å². The van der Waals surface area contributed by atoms with Crippen LogP contribution < -0.4 is 10.2 Å². The summed E-state index contributed by atoms with van der Waals surface area (Å²) in [7, 11) is 0. The van der Waals surface area contributed by atoms with E-state index >= 15 is 0 Å². The lowest BCUT2D eigenvalue weighted by Gasteiger charge is -2.25. The van der Waals surface area contributed by atoms with E-state index in [1.54, 1.807) is 17.8 Å². The van der Waals surface area contributed by atoms with Crippen LogP contribution in [0.4, 0.5) is 11.4 Å². The number of amides is 2. The third-order valence-electron chi connectivity index (χ3n) is 5.02. The Kier molecular flexibility index (Phi) is 6.23. The summed E-state index contributed by atoms with van der Waals surface area (Å²) in [5.74, 6) is 0.344. The van der Waals surface area contributed by atoms with Gasteiger partial charge >= 0.3 is 0 Å². The second kappa shape index (κ2) is 9.23. The monoisotopic (exact) mass is 428 g/mol. The molecule has 3 aromatic rings. The van der Waals surface area contributed by atoms with Crippen molar-refractivity contribution < 1.29 is 9.59 Å². The van der Waals surface area contributed by atoms with Crippen LogP contribution in [-0.2, 0) is 9.59 Å². The fraction of sp³-hybridized carbons (Fsp3) is 0.154. The van der Waals surface area contributed by atoms with E-state index in [9.17, 15) is 9.59 Å². The van der Waals surface area contributed by atoms with E-state index in [1.807, 2.05) is 85.5 Å². The molecular weight excluding hydrogens is 404 g/mol. The number of benzene rings is 3. The first kappa shape index (κ1) is 20.9. The molecule has 1 fully saturated rings. The molecule has 3 aromatic carbocycles. The first-order valence-electron chi connectivity index (χ1n) is 10.2. The number of nitrogens with one attached hydrogen (secondary N) is 1. The highest BCUT2D eigenvalue weighted by Gasteiger charge is 2.34. The van der Waals surface area contributed by atoms with Crippen LogP contribution in [0.5, 0.6) is 0 Å². The first-order valence-corrected chi connectivity index (χ1v) is 11.2. The summed E-state index contributed by atoms with van der Waals surface area (Å²) < 4.78 is 0. The third-order valence-corrected chi connectivity index (χ3v) is 6.23. The number of hydrogen-bond donors (Lipinski definition) is 1. The molecule has 31 heavy (non-hydrogen) atoms. The van der Waals surface area contributed by atoms with Crippen LogP contribution in [0.2, 0.25) is 0 Å². The summed E-state index contributed by atoms with van der Waals surface area (Å²) in [5.41, 5.74) is 5.84. The number of nitrogens with zero attached hydrogens (tertiary/aromatic N) is 1. The van der Waals surface area contributed by atoms with Gasteiger partial charge in [-0.05, 0) is 66.4 Å². The number of carbonyl (C=O) groups is 2. The molecule has 156 valence electrons. The van der Waals surface area contributed by atoms with Crippen LogP contribution in [0.3, 0.4) is 0 Å². The van der Waals surface area contributed by atoms with Gasteiger partial charge in [0, 0.05) is 17.5 Å². The Hall–Kier alpha value is -3.31. The minimum atomic E-state index is -0.192. The molecule has 1 aliphatic heterocycles. The average Bonchev–Trinajstić information content (AvgIpc) is 3.14. The normalized spacial score (nSPS) is 16.1. The smallest absolute Gasteiger partial charge is 0.248 e. The molecule has 1 saturated heterocycles. The van der Waals surface area contributed by atoms with Gasteiger partial charge in [-0.3, -0.25) is 14.5 Å². The number of carbonyl (C=O) groups excluding carboxylic acids is 2. The van der Waals surface area contributed by atoms with Gasteiger partial charge in [-0.25, -0.2) is 0 Å². The maximum Gasteiger partial charge on any atom is 0.248 e. The Balaban J connectivity index is 1.53. The number of rotatable bonds is 5. The first-order chi connectivity index (χ1) is 15.0. The van der Waals surface area contributed by atoms with Crippen LogP contribution in [0.25, 0.3) is 6.08 Å². The lowest BCUT2D eigenvalue weighted by atomic mass is 10.1. The van der Waals surface area contributed by atoms with Gasteiger partial charge in [0.25, 0.3) is 0 Å². The number of hydrogen-bond acceptors (Lipinski definition) is 3. The summed E-state index contributed by atoms with van der Waals surface area (Å²) in [4.78, 5) is 26.9. The van der Waals surface area contributed by atoms with Crippen molar-refractivity contribution in [3.05, 3.63) is 101 Å². The molecule has 2 amide bonds. The molecule has 1 N–H and O–H groups in total. The molecule has 0 aliphatic carbocycles. The van der Waals surface area contributed by atoms with Crippen molar-refractivity contribution in [3.63, 3.8) is 0 Å². The van der Waals surface area contributed by atoms with Gasteiger partial charge in [-0.2, -0.15) is 0 Å². The zero-order chi connectivity index (χ0) is 21.8. The number of anilines is 2. The average molecular weight is 429 g/mol. The topological polar surface area (TPSA) is 49.4 Å². The minimum absolute atomic E-state index is 0.0974. The van der Waals surface area contributed by atoms with E-state index in [-0.39, 0.29) is 17.2 Å². The molecular formula is C26H24N2O2S. The van der Waals surface area contributed by atoms with Crippen molar-refractivity contribution in [1.29, 1.82) is 0 Å². The molecule has 0 aromatic heterocycles. The third kappa shape index (κ3) is 5.06. The highest BCUT2D eigenvalue weighted by atomic mass is 32.2. The van der Waals surface area contributed by atoms with Gasteiger partial charge in [0.2, 0.25) is 11.8 Å².